The van der Waals surface area contributed by atoms with Gasteiger partial charge in [-0.3, -0.25) is 14.7 Å². The van der Waals surface area contributed by atoms with Gasteiger partial charge in [0.2, 0.25) is 0 Å². The summed E-state index contributed by atoms with van der Waals surface area (Å²) in [6.45, 7) is 7.22. The van der Waals surface area contributed by atoms with Crippen LogP contribution in [-0.4, -0.2) is 34.6 Å². The predicted molar refractivity (Wildman–Crippen MR) is 95.7 cm³/mol. The van der Waals surface area contributed by atoms with E-state index in [1.165, 1.54) is 0 Å². The first-order valence-electron chi connectivity index (χ1n) is 8.45. The minimum atomic E-state index is -0.247. The van der Waals surface area contributed by atoms with Crippen LogP contribution in [0.1, 0.15) is 51.5 Å². The Kier molecular flexibility index (Phi) is 4.85. The lowest BCUT2D eigenvalue weighted by molar-refractivity contribution is 0.0942. The molecule has 0 radical (unpaired) electrons. The molecule has 0 bridgehead atoms. The molecule has 3 rings (SSSR count). The maximum Gasteiger partial charge on any atom is 0.276 e. The summed E-state index contributed by atoms with van der Waals surface area (Å²) >= 11 is 0. The number of hydrogen-bond acceptors (Lipinski definition) is 4. The maximum atomic E-state index is 12.6. The molecule has 1 aliphatic heterocycles. The molecule has 7 nitrogen and oxygen atoms in total. The van der Waals surface area contributed by atoms with E-state index in [0.29, 0.717) is 23.5 Å². The van der Waals surface area contributed by atoms with Crippen molar-refractivity contribution in [3.05, 3.63) is 46.3 Å². The molecule has 2 amide bonds. The summed E-state index contributed by atoms with van der Waals surface area (Å²) < 4.78 is 0. The number of benzene rings is 1. The molecule has 2 heterocycles. The summed E-state index contributed by atoms with van der Waals surface area (Å²) in [4.78, 5) is 24.6. The molecule has 4 N–H and O–H groups in total. The standard InChI is InChI=1S/C18H23N5O2/c1-10(2)20-17(24)12-4-5-14(11(3)8-12)21-18(25)16-13-9-19-7-6-15(13)22-23-16/h4-5,8,10,19H,6-7,9H2,1-3H3,(H,20,24)(H,21,25)(H,22,23). The molecule has 0 spiro atoms. The fourth-order valence-electron chi connectivity index (χ4n) is 2.89. The molecule has 1 aromatic carbocycles. The van der Waals surface area contributed by atoms with Crippen molar-refractivity contribution < 1.29 is 9.59 Å². The highest BCUT2D eigenvalue weighted by Gasteiger charge is 2.22. The lowest BCUT2D eigenvalue weighted by Crippen LogP contribution is -2.30. The predicted octanol–water partition coefficient (Wildman–Crippen LogP) is 1.75. The molecule has 0 atom stereocenters. The van der Waals surface area contributed by atoms with Crippen molar-refractivity contribution in [2.75, 3.05) is 11.9 Å². The van der Waals surface area contributed by atoms with E-state index < -0.39 is 0 Å². The van der Waals surface area contributed by atoms with Crippen LogP contribution in [0, 0.1) is 6.92 Å². The lowest BCUT2D eigenvalue weighted by Gasteiger charge is -2.14. The number of nitrogens with one attached hydrogen (secondary N) is 4. The number of carbonyl (C=O) groups excluding carboxylic acids is 2. The van der Waals surface area contributed by atoms with Crippen molar-refractivity contribution >= 4 is 17.5 Å². The number of amides is 2. The number of aromatic nitrogens is 2. The van der Waals surface area contributed by atoms with Gasteiger partial charge in [-0.25, -0.2) is 0 Å². The van der Waals surface area contributed by atoms with E-state index in [1.807, 2.05) is 20.8 Å². The number of fused-ring (bicyclic) bond motifs is 1. The van der Waals surface area contributed by atoms with Gasteiger partial charge in [-0.2, -0.15) is 5.10 Å². The largest absolute Gasteiger partial charge is 0.350 e. The van der Waals surface area contributed by atoms with E-state index in [0.717, 1.165) is 29.8 Å². The molecule has 25 heavy (non-hydrogen) atoms. The summed E-state index contributed by atoms with van der Waals surface area (Å²) in [5.41, 5.74) is 4.43. The molecule has 0 fully saturated rings. The summed E-state index contributed by atoms with van der Waals surface area (Å²) in [5.74, 6) is -0.368. The quantitative estimate of drug-likeness (QED) is 0.681. The average Bonchev–Trinajstić information content (AvgIpc) is 3.00. The topological polar surface area (TPSA) is 98.9 Å². The van der Waals surface area contributed by atoms with Crippen molar-refractivity contribution in [2.24, 2.45) is 0 Å². The first kappa shape index (κ1) is 17.2. The smallest absolute Gasteiger partial charge is 0.276 e. The van der Waals surface area contributed by atoms with Crippen LogP contribution in [0.4, 0.5) is 5.69 Å². The minimum Gasteiger partial charge on any atom is -0.350 e. The summed E-state index contributed by atoms with van der Waals surface area (Å²) in [6, 6.07) is 5.31. The van der Waals surface area contributed by atoms with Gasteiger partial charge in [0.1, 0.15) is 0 Å². The number of anilines is 1. The van der Waals surface area contributed by atoms with Crippen LogP contribution in [0.5, 0.6) is 0 Å². The van der Waals surface area contributed by atoms with E-state index in [1.54, 1.807) is 18.2 Å². The van der Waals surface area contributed by atoms with Gasteiger partial charge in [0, 0.05) is 48.1 Å². The zero-order valence-corrected chi connectivity index (χ0v) is 14.7. The Morgan fingerprint density at radius 3 is 2.76 bits per heavy atom. The van der Waals surface area contributed by atoms with Gasteiger partial charge in [0.05, 0.1) is 0 Å². The molecule has 1 aliphatic rings. The average molecular weight is 341 g/mol. The summed E-state index contributed by atoms with van der Waals surface area (Å²) in [7, 11) is 0. The number of nitrogens with zero attached hydrogens (tertiary/aromatic N) is 1. The van der Waals surface area contributed by atoms with E-state index >= 15 is 0 Å². The van der Waals surface area contributed by atoms with Crippen molar-refractivity contribution in [1.82, 2.24) is 20.8 Å². The Bertz CT molecular complexity index is 810. The molecule has 2 aromatic rings. The van der Waals surface area contributed by atoms with E-state index in [-0.39, 0.29) is 17.9 Å². The Hall–Kier alpha value is -2.67. The molecule has 132 valence electrons. The van der Waals surface area contributed by atoms with Crippen LogP contribution in [-0.2, 0) is 13.0 Å². The zero-order valence-electron chi connectivity index (χ0n) is 14.7. The molecule has 0 unspecified atom stereocenters. The van der Waals surface area contributed by atoms with Gasteiger partial charge in [-0.1, -0.05) is 0 Å². The third kappa shape index (κ3) is 3.71. The highest BCUT2D eigenvalue weighted by Crippen LogP contribution is 2.20. The van der Waals surface area contributed by atoms with E-state index in [4.69, 9.17) is 0 Å². The molecular weight excluding hydrogens is 318 g/mol. The van der Waals surface area contributed by atoms with Crippen LogP contribution in [0.2, 0.25) is 0 Å². The highest BCUT2D eigenvalue weighted by molar-refractivity contribution is 6.05. The zero-order chi connectivity index (χ0) is 18.0. The first-order chi connectivity index (χ1) is 12.0. The van der Waals surface area contributed by atoms with E-state index in [2.05, 4.69) is 26.1 Å². The lowest BCUT2D eigenvalue weighted by atomic mass is 10.1. The van der Waals surface area contributed by atoms with Crippen LogP contribution in [0.15, 0.2) is 18.2 Å². The second-order valence-electron chi connectivity index (χ2n) is 6.57. The third-order valence-corrected chi connectivity index (χ3v) is 4.18. The number of rotatable bonds is 4. The van der Waals surface area contributed by atoms with Crippen LogP contribution < -0.4 is 16.0 Å². The van der Waals surface area contributed by atoms with Crippen LogP contribution in [0.3, 0.4) is 0 Å². The second kappa shape index (κ2) is 7.06. The fraction of sp³-hybridized carbons (Fsp3) is 0.389. The molecule has 0 aliphatic carbocycles. The van der Waals surface area contributed by atoms with Crippen molar-refractivity contribution in [2.45, 2.75) is 39.8 Å². The van der Waals surface area contributed by atoms with Crippen LogP contribution >= 0.6 is 0 Å². The second-order valence-corrected chi connectivity index (χ2v) is 6.57. The Morgan fingerprint density at radius 2 is 2.04 bits per heavy atom. The Morgan fingerprint density at radius 1 is 1.24 bits per heavy atom. The molecule has 7 heteroatoms. The van der Waals surface area contributed by atoms with E-state index in [9.17, 15) is 9.59 Å². The van der Waals surface area contributed by atoms with Crippen molar-refractivity contribution in [3.63, 3.8) is 0 Å². The normalized spacial score (nSPS) is 13.4. The van der Waals surface area contributed by atoms with Gasteiger partial charge in [0.25, 0.3) is 11.8 Å². The first-order valence-corrected chi connectivity index (χ1v) is 8.45. The fourth-order valence-corrected chi connectivity index (χ4v) is 2.89. The Labute approximate surface area is 146 Å². The number of hydrogen-bond donors (Lipinski definition) is 4. The Balaban J connectivity index is 1.76. The van der Waals surface area contributed by atoms with Crippen molar-refractivity contribution in [1.29, 1.82) is 0 Å². The summed E-state index contributed by atoms with van der Waals surface area (Å²) in [6.07, 6.45) is 0.842. The van der Waals surface area contributed by atoms with Crippen LogP contribution in [0.25, 0.3) is 0 Å². The van der Waals surface area contributed by atoms with Gasteiger partial charge >= 0.3 is 0 Å². The minimum absolute atomic E-state index is 0.0756. The molecular formula is C18H23N5O2. The molecule has 0 saturated heterocycles. The third-order valence-electron chi connectivity index (χ3n) is 4.18. The number of aryl methyl sites for hydroxylation is 1. The monoisotopic (exact) mass is 341 g/mol. The van der Waals surface area contributed by atoms with Gasteiger partial charge < -0.3 is 16.0 Å². The summed E-state index contributed by atoms with van der Waals surface area (Å²) in [5, 5.41) is 16.1. The highest BCUT2D eigenvalue weighted by atomic mass is 16.2. The van der Waals surface area contributed by atoms with Gasteiger partial charge in [-0.05, 0) is 44.5 Å². The number of H-pyrrole nitrogens is 1. The van der Waals surface area contributed by atoms with Crippen molar-refractivity contribution in [3.8, 4) is 0 Å². The molecule has 1 aromatic heterocycles. The number of aromatic amines is 1. The maximum absolute atomic E-state index is 12.6. The number of carbonyl (C=O) groups is 2. The van der Waals surface area contributed by atoms with Gasteiger partial charge in [-0.15, -0.1) is 0 Å². The SMILES string of the molecule is Cc1cc(C(=O)NC(C)C)ccc1NC(=O)c1n[nH]c2c1CNCC2. The molecule has 0 saturated carbocycles. The van der Waals surface area contributed by atoms with Gasteiger partial charge in [0.15, 0.2) is 5.69 Å².